The molecule has 0 saturated carbocycles. The molecule has 4 aromatic rings. The second-order valence-corrected chi connectivity index (χ2v) is 9.35. The van der Waals surface area contributed by atoms with Crippen molar-refractivity contribution in [3.63, 3.8) is 0 Å². The van der Waals surface area contributed by atoms with E-state index in [1.807, 2.05) is 54.7 Å². The Morgan fingerprint density at radius 1 is 1.03 bits per heavy atom. The zero-order chi connectivity index (χ0) is 23.7. The standard InChI is InChI=1S/C26H22FIN4O2/c27-19-5-3-18(4-6-19)25-23(15-32(30-25)22-11-7-20(28)8-12-22)26-31(24(33)16-34-26)14-13-17-1-9-21(29)10-2-17/h1-12,15,26H,13-14,16,29H2. The molecule has 1 aliphatic rings. The van der Waals surface area contributed by atoms with Gasteiger partial charge in [0.15, 0.2) is 6.23 Å². The van der Waals surface area contributed by atoms with Gasteiger partial charge in [-0.3, -0.25) is 4.79 Å². The van der Waals surface area contributed by atoms with Gasteiger partial charge < -0.3 is 15.4 Å². The number of halogens is 2. The maximum atomic E-state index is 13.6. The fraction of sp³-hybridized carbons (Fsp3) is 0.154. The molecule has 34 heavy (non-hydrogen) atoms. The quantitative estimate of drug-likeness (QED) is 0.264. The van der Waals surface area contributed by atoms with E-state index in [0.717, 1.165) is 25.9 Å². The van der Waals surface area contributed by atoms with Gasteiger partial charge in [0.2, 0.25) is 0 Å². The molecule has 1 fully saturated rings. The third kappa shape index (κ3) is 4.69. The van der Waals surface area contributed by atoms with Gasteiger partial charge in [-0.1, -0.05) is 12.1 Å². The molecule has 6 nitrogen and oxygen atoms in total. The van der Waals surface area contributed by atoms with Crippen LogP contribution in [0.15, 0.2) is 79.0 Å². The van der Waals surface area contributed by atoms with Crippen LogP contribution in [0.25, 0.3) is 16.9 Å². The molecule has 1 saturated heterocycles. The highest BCUT2D eigenvalue weighted by atomic mass is 127. The predicted molar refractivity (Wildman–Crippen MR) is 137 cm³/mol. The van der Waals surface area contributed by atoms with Crippen molar-refractivity contribution in [1.82, 2.24) is 14.7 Å². The van der Waals surface area contributed by atoms with E-state index >= 15 is 0 Å². The average Bonchev–Trinajstić information content (AvgIpc) is 3.43. The van der Waals surface area contributed by atoms with E-state index in [0.29, 0.717) is 24.3 Å². The summed E-state index contributed by atoms with van der Waals surface area (Å²) in [6.07, 6.45) is 1.97. The van der Waals surface area contributed by atoms with Crippen LogP contribution in [0.4, 0.5) is 10.1 Å². The van der Waals surface area contributed by atoms with Crippen LogP contribution >= 0.6 is 22.6 Å². The lowest BCUT2D eigenvalue weighted by Crippen LogP contribution is -2.30. The van der Waals surface area contributed by atoms with E-state index < -0.39 is 6.23 Å². The summed E-state index contributed by atoms with van der Waals surface area (Å²) in [6.45, 7) is 0.495. The number of nitrogen functional groups attached to an aromatic ring is 1. The zero-order valence-corrected chi connectivity index (χ0v) is 20.4. The molecule has 1 unspecified atom stereocenters. The molecule has 2 N–H and O–H groups in total. The number of benzene rings is 3. The van der Waals surface area contributed by atoms with Crippen molar-refractivity contribution >= 4 is 34.2 Å². The molecule has 1 amide bonds. The van der Waals surface area contributed by atoms with Gasteiger partial charge in [0.25, 0.3) is 5.91 Å². The van der Waals surface area contributed by atoms with Crippen molar-refractivity contribution in [1.29, 1.82) is 0 Å². The van der Waals surface area contributed by atoms with E-state index in [9.17, 15) is 9.18 Å². The minimum atomic E-state index is -0.584. The lowest BCUT2D eigenvalue weighted by atomic mass is 10.1. The topological polar surface area (TPSA) is 73.4 Å². The van der Waals surface area contributed by atoms with Crippen LogP contribution in [0.3, 0.4) is 0 Å². The number of carbonyl (C=O) groups is 1. The summed E-state index contributed by atoms with van der Waals surface area (Å²) < 4.78 is 22.4. The van der Waals surface area contributed by atoms with Gasteiger partial charge >= 0.3 is 0 Å². The van der Waals surface area contributed by atoms with Crippen LogP contribution in [0.2, 0.25) is 0 Å². The first kappa shape index (κ1) is 22.5. The number of nitrogens with zero attached hydrogens (tertiary/aromatic N) is 3. The van der Waals surface area contributed by atoms with Crippen LogP contribution in [0.1, 0.15) is 17.4 Å². The molecule has 0 bridgehead atoms. The van der Waals surface area contributed by atoms with Gasteiger partial charge in [0.05, 0.1) is 5.69 Å². The number of hydrogen-bond donors (Lipinski definition) is 1. The van der Waals surface area contributed by atoms with Gasteiger partial charge in [-0.25, -0.2) is 9.07 Å². The molecule has 0 spiro atoms. The number of ether oxygens (including phenoxy) is 1. The molecule has 1 aromatic heterocycles. The van der Waals surface area contributed by atoms with Crippen molar-refractivity contribution in [3.8, 4) is 16.9 Å². The second-order valence-electron chi connectivity index (χ2n) is 8.10. The SMILES string of the molecule is Nc1ccc(CCN2C(=O)COC2c2cn(-c3ccc(I)cc3)nc2-c2ccc(F)cc2)cc1. The van der Waals surface area contributed by atoms with E-state index in [2.05, 4.69) is 22.6 Å². The highest BCUT2D eigenvalue weighted by Crippen LogP contribution is 2.35. The average molecular weight is 568 g/mol. The van der Waals surface area contributed by atoms with E-state index in [1.165, 1.54) is 12.1 Å². The Hall–Kier alpha value is -3.24. The Kier molecular flexibility index (Phi) is 6.34. The molecule has 1 aliphatic heterocycles. The van der Waals surface area contributed by atoms with Crippen LogP contribution < -0.4 is 5.73 Å². The van der Waals surface area contributed by atoms with Gasteiger partial charge in [-0.15, -0.1) is 0 Å². The van der Waals surface area contributed by atoms with Crippen LogP contribution in [-0.4, -0.2) is 33.7 Å². The Bertz CT molecular complexity index is 1300. The minimum absolute atomic E-state index is 0.00394. The van der Waals surface area contributed by atoms with E-state index in [4.69, 9.17) is 15.6 Å². The van der Waals surface area contributed by atoms with Crippen molar-refractivity contribution in [2.24, 2.45) is 0 Å². The molecule has 0 aliphatic carbocycles. The summed E-state index contributed by atoms with van der Waals surface area (Å²) in [7, 11) is 0. The lowest BCUT2D eigenvalue weighted by molar-refractivity contribution is -0.128. The molecule has 2 heterocycles. The molecular weight excluding hydrogens is 546 g/mol. The molecule has 5 rings (SSSR count). The normalized spacial score (nSPS) is 15.8. The van der Waals surface area contributed by atoms with Crippen molar-refractivity contribution in [2.45, 2.75) is 12.6 Å². The summed E-state index contributed by atoms with van der Waals surface area (Å²) in [4.78, 5) is 14.5. The van der Waals surface area contributed by atoms with Gasteiger partial charge in [-0.2, -0.15) is 5.10 Å². The zero-order valence-electron chi connectivity index (χ0n) is 18.2. The molecule has 1 atom stereocenters. The molecular formula is C26H22FIN4O2. The molecule has 0 radical (unpaired) electrons. The van der Waals surface area contributed by atoms with Crippen LogP contribution in [0.5, 0.6) is 0 Å². The molecule has 3 aromatic carbocycles. The highest BCUT2D eigenvalue weighted by molar-refractivity contribution is 14.1. The van der Waals surface area contributed by atoms with Crippen LogP contribution in [0, 0.1) is 9.39 Å². The first-order valence-corrected chi connectivity index (χ1v) is 11.9. The maximum absolute atomic E-state index is 13.6. The fourth-order valence-corrected chi connectivity index (χ4v) is 4.37. The van der Waals surface area contributed by atoms with E-state index in [1.54, 1.807) is 21.7 Å². The third-order valence-corrected chi connectivity index (χ3v) is 6.53. The van der Waals surface area contributed by atoms with E-state index in [-0.39, 0.29) is 18.3 Å². The Morgan fingerprint density at radius 2 is 1.74 bits per heavy atom. The minimum Gasteiger partial charge on any atom is -0.399 e. The van der Waals surface area contributed by atoms with Crippen LogP contribution in [-0.2, 0) is 16.0 Å². The lowest BCUT2D eigenvalue weighted by Gasteiger charge is -2.23. The number of nitrogens with two attached hydrogens (primary N) is 1. The summed E-state index contributed by atoms with van der Waals surface area (Å²) in [5.74, 6) is -0.396. The van der Waals surface area contributed by atoms with Gasteiger partial charge in [-0.05, 0) is 95.2 Å². The van der Waals surface area contributed by atoms with Gasteiger partial charge in [0, 0.05) is 33.1 Å². The Morgan fingerprint density at radius 3 is 2.44 bits per heavy atom. The van der Waals surface area contributed by atoms with Crippen molar-refractivity contribution in [3.05, 3.63) is 99.5 Å². The predicted octanol–water partition coefficient (Wildman–Crippen LogP) is 4.97. The first-order valence-electron chi connectivity index (χ1n) is 10.8. The maximum Gasteiger partial charge on any atom is 0.250 e. The fourth-order valence-electron chi connectivity index (χ4n) is 4.01. The summed E-state index contributed by atoms with van der Waals surface area (Å²) >= 11 is 2.26. The molecule has 172 valence electrons. The second kappa shape index (κ2) is 9.55. The number of rotatable bonds is 6. The van der Waals surface area contributed by atoms with Gasteiger partial charge in [0.1, 0.15) is 18.1 Å². The summed E-state index contributed by atoms with van der Waals surface area (Å²) in [5, 5.41) is 4.80. The highest BCUT2D eigenvalue weighted by Gasteiger charge is 2.36. The monoisotopic (exact) mass is 568 g/mol. The Labute approximate surface area is 210 Å². The number of aromatic nitrogens is 2. The number of carbonyl (C=O) groups excluding carboxylic acids is 1. The number of anilines is 1. The molecule has 8 heteroatoms. The Balaban J connectivity index is 1.50. The largest absolute Gasteiger partial charge is 0.399 e. The third-order valence-electron chi connectivity index (χ3n) is 5.81. The van der Waals surface area contributed by atoms with Crippen molar-refractivity contribution < 1.29 is 13.9 Å². The van der Waals surface area contributed by atoms with Crippen molar-refractivity contribution in [2.75, 3.05) is 18.9 Å². The summed E-state index contributed by atoms with van der Waals surface area (Å²) in [6, 6.07) is 21.8. The number of amides is 1. The number of hydrogen-bond acceptors (Lipinski definition) is 4. The summed E-state index contributed by atoms with van der Waals surface area (Å²) in [5.41, 5.74) is 10.6. The smallest absolute Gasteiger partial charge is 0.250 e. The first-order chi connectivity index (χ1) is 16.5.